The van der Waals surface area contributed by atoms with Crippen molar-refractivity contribution in [2.45, 2.75) is 13.8 Å². The van der Waals surface area contributed by atoms with Crippen LogP contribution in [-0.4, -0.2) is 6.88 Å². The van der Waals surface area contributed by atoms with E-state index in [0.29, 0.717) is 0 Å². The van der Waals surface area contributed by atoms with Crippen LogP contribution in [-0.2, 0) is 49.5 Å². The minimum absolute atomic E-state index is 0. The van der Waals surface area contributed by atoms with Gasteiger partial charge in [0, 0.05) is 0 Å². The molecule has 0 amide bonds. The van der Waals surface area contributed by atoms with Crippen LogP contribution in [0.1, 0.15) is 11.1 Å². The molecule has 0 spiro atoms. The van der Waals surface area contributed by atoms with Crippen molar-refractivity contribution in [1.82, 2.24) is 0 Å². The van der Waals surface area contributed by atoms with E-state index in [2.05, 4.69) is 148 Å². The third-order valence-electron chi connectivity index (χ3n) is 6.57. The minimum atomic E-state index is 0. The maximum Gasteiger partial charge on any atom is 4.00 e. The Bertz CT molecular complexity index is 1610. The van der Waals surface area contributed by atoms with E-state index < -0.39 is 0 Å². The Labute approximate surface area is 336 Å². The maximum atomic E-state index is 3.06. The fourth-order valence-corrected chi connectivity index (χ4v) is 4.85. The number of fused-ring (bicyclic) bond motifs is 2. The summed E-state index contributed by atoms with van der Waals surface area (Å²) < 4.78 is 0. The molecule has 0 aliphatic rings. The Morgan fingerprint density at radius 2 is 0.848 bits per heavy atom. The summed E-state index contributed by atoms with van der Waals surface area (Å²) in [6.45, 7) is 7.36. The molecule has 234 valence electrons. The number of rotatable bonds is 2. The molecule has 7 aromatic rings. The van der Waals surface area contributed by atoms with Crippen molar-refractivity contribution in [3.8, 4) is 22.3 Å². The van der Waals surface area contributed by atoms with Gasteiger partial charge >= 0.3 is 56.4 Å². The summed E-state index contributed by atoms with van der Waals surface area (Å²) >= 11 is 1.36. The van der Waals surface area contributed by atoms with Gasteiger partial charge in [-0.2, -0.15) is 48.5 Å². The third-order valence-corrected chi connectivity index (χ3v) is 6.57. The monoisotopic (exact) mass is 850 g/mol. The molecule has 0 atom stereocenters. The smallest absolute Gasteiger partial charge is 0.184 e. The van der Waals surface area contributed by atoms with Crippen LogP contribution in [0, 0.1) is 27.3 Å². The number of hydrogen-bond donors (Lipinski definition) is 0. The second kappa shape index (κ2) is 26.4. The zero-order valence-corrected chi connectivity index (χ0v) is 34.9. The van der Waals surface area contributed by atoms with Gasteiger partial charge in [0.15, 0.2) is 0 Å². The number of hydrogen-bond acceptors (Lipinski definition) is 0. The summed E-state index contributed by atoms with van der Waals surface area (Å²) in [6, 6.07) is 55.6. The molecule has 0 nitrogen and oxygen atoms in total. The molecule has 7 aromatic carbocycles. The van der Waals surface area contributed by atoms with Gasteiger partial charge in [0.2, 0.25) is 0 Å². The van der Waals surface area contributed by atoms with Crippen LogP contribution in [0.3, 0.4) is 0 Å². The Morgan fingerprint density at radius 3 is 1.15 bits per heavy atom. The van der Waals surface area contributed by atoms with Gasteiger partial charge in [-0.3, -0.25) is 0 Å². The molecule has 7 rings (SSSR count). The van der Waals surface area contributed by atoms with Crippen LogP contribution in [0.25, 0.3) is 43.8 Å². The van der Waals surface area contributed by atoms with E-state index >= 15 is 0 Å². The fraction of sp³-hybridized carbons (Fsp3) is 0.0513. The molecule has 0 heterocycles. The molecule has 2 radical (unpaired) electrons. The number of aryl methyl sites for hydroxylation is 2. The summed E-state index contributed by atoms with van der Waals surface area (Å²) in [7, 11) is 0. The molecule has 46 heavy (non-hydrogen) atoms. The van der Waals surface area contributed by atoms with Crippen molar-refractivity contribution in [2.75, 3.05) is 0 Å². The van der Waals surface area contributed by atoms with Crippen molar-refractivity contribution >= 4 is 28.4 Å². The van der Waals surface area contributed by atoms with Crippen LogP contribution in [0.15, 0.2) is 152 Å². The standard InChI is InChI=1S/2C16H13.C6H5.CH3.4ClH.Si.2Zr/c2*1-12-10-14-8-5-9-15(16(14)11-12)13-6-3-2-4-7-13;1-2-4-6-5-3-1;;;;;;;;/h2*2-11H,1H3;1-5H;1H3;4*1H;;;/q4*-1;;;;;;;+4/p-4. The Hall–Kier alpha value is -1.54. The second-order valence-corrected chi connectivity index (χ2v) is 9.49. The van der Waals surface area contributed by atoms with Crippen molar-refractivity contribution in [3.05, 3.63) is 176 Å². The molecule has 0 fully saturated rings. The first-order valence-electron chi connectivity index (χ1n) is 13.3. The van der Waals surface area contributed by atoms with Crippen LogP contribution in [0.2, 0.25) is 0 Å². The average Bonchev–Trinajstić information content (AvgIpc) is 3.61. The van der Waals surface area contributed by atoms with E-state index in [1.807, 2.05) is 30.3 Å². The Morgan fingerprint density at radius 1 is 0.500 bits per heavy atom. The average molecular weight is 855 g/mol. The quantitative estimate of drug-likeness (QED) is 0.149. The van der Waals surface area contributed by atoms with Crippen molar-refractivity contribution in [2.24, 2.45) is 0 Å². The first kappa shape index (κ1) is 48.9. The third kappa shape index (κ3) is 13.9. The normalized spacial score (nSPS) is 8.63. The molecule has 0 bridgehead atoms. The molecule has 0 saturated carbocycles. The van der Waals surface area contributed by atoms with Crippen LogP contribution in [0.4, 0.5) is 0 Å². The second-order valence-electron chi connectivity index (χ2n) is 9.49. The van der Waals surface area contributed by atoms with Crippen molar-refractivity contribution < 1.29 is 99.2 Å². The van der Waals surface area contributed by atoms with E-state index in [4.69, 9.17) is 0 Å². The van der Waals surface area contributed by atoms with Gasteiger partial charge in [0.05, 0.1) is 0 Å². The molecule has 0 aliphatic heterocycles. The first-order valence-corrected chi connectivity index (χ1v) is 17.5. The summed E-state index contributed by atoms with van der Waals surface area (Å²) in [4.78, 5) is 0. The maximum absolute atomic E-state index is 3.06. The number of benzene rings is 5. The Kier molecular flexibility index (Phi) is 28.1. The summed E-state index contributed by atoms with van der Waals surface area (Å²) in [5.41, 5.74) is 7.89. The zero-order valence-electron chi connectivity index (χ0n) is 25.9. The van der Waals surface area contributed by atoms with Crippen LogP contribution < -0.4 is 49.6 Å². The molecule has 0 saturated heterocycles. The van der Waals surface area contributed by atoms with E-state index in [-0.39, 0.29) is 83.3 Å². The molecule has 0 unspecified atom stereocenters. The summed E-state index contributed by atoms with van der Waals surface area (Å²) in [5.74, 6) is 0. The molecular weight excluding hydrogens is 821 g/mol. The molecular formula is C39H34Cl4SiZr2-4. The zero-order chi connectivity index (χ0) is 28.2. The molecule has 7 heteroatoms. The van der Waals surface area contributed by atoms with Crippen molar-refractivity contribution in [1.29, 1.82) is 0 Å². The van der Waals surface area contributed by atoms with Gasteiger partial charge in [-0.1, -0.05) is 97.8 Å². The van der Waals surface area contributed by atoms with Gasteiger partial charge in [0.25, 0.3) is 0 Å². The van der Waals surface area contributed by atoms with Crippen LogP contribution >= 0.6 is 0 Å². The van der Waals surface area contributed by atoms with E-state index in [9.17, 15) is 0 Å². The summed E-state index contributed by atoms with van der Waals surface area (Å²) in [6.07, 6.45) is 0. The van der Waals surface area contributed by atoms with Crippen LogP contribution in [0.5, 0.6) is 0 Å². The molecule has 0 aliphatic carbocycles. The number of halogens is 4. The van der Waals surface area contributed by atoms with E-state index in [1.165, 1.54) is 78.3 Å². The predicted octanol–water partition coefficient (Wildman–Crippen LogP) is -1.36. The topological polar surface area (TPSA) is 0 Å². The van der Waals surface area contributed by atoms with E-state index in [1.54, 1.807) is 0 Å². The molecule has 0 aromatic heterocycles. The predicted molar refractivity (Wildman–Crippen MR) is 177 cm³/mol. The summed E-state index contributed by atoms with van der Waals surface area (Å²) in [5, 5.41) is 5.37. The fourth-order valence-electron chi connectivity index (χ4n) is 4.85. The van der Waals surface area contributed by atoms with Gasteiger partial charge in [0.1, 0.15) is 0 Å². The van der Waals surface area contributed by atoms with Gasteiger partial charge < -0.3 is 57.1 Å². The van der Waals surface area contributed by atoms with Gasteiger partial charge in [-0.05, 0) is 11.1 Å². The Balaban J connectivity index is -0.000000590. The van der Waals surface area contributed by atoms with Gasteiger partial charge in [-0.15, -0.1) is 69.1 Å². The first-order chi connectivity index (χ1) is 19.7. The largest absolute Gasteiger partial charge is 4.00 e. The minimum Gasteiger partial charge on any atom is -0.184 e. The van der Waals surface area contributed by atoms with Gasteiger partial charge in [-0.25, -0.2) is 0 Å². The van der Waals surface area contributed by atoms with E-state index in [0.717, 1.165) is 0 Å². The van der Waals surface area contributed by atoms with Crippen molar-refractivity contribution in [3.63, 3.8) is 0 Å². The molecule has 0 N–H and O–H groups in total. The SMILES string of the molecule is Cc1cc2c(-c3ccccc3)cccc2[cH-]1.Cc1cc2c(-c3ccccc3)cccc2[cH-]1.[CH3-].[Cl-].[Cl-].[Cl-].[Cl-].[Si]=[Zr].[Zr+4].[c-]1ccccc1.